The van der Waals surface area contributed by atoms with Crippen LogP contribution in [0.25, 0.3) is 11.3 Å². The molecule has 4 N–H and O–H groups in total. The number of rotatable bonds is 10. The van der Waals surface area contributed by atoms with Crippen LogP contribution >= 0.6 is 12.6 Å². The second-order valence-corrected chi connectivity index (χ2v) is 12.2. The molecule has 5 rings (SSSR count). The minimum Gasteiger partial charge on any atom is -0.382 e. The number of carbonyl (C=O) groups is 2. The Morgan fingerprint density at radius 2 is 1.78 bits per heavy atom. The fraction of sp³-hybridized carbons (Fsp3) is 0.455. The maximum absolute atomic E-state index is 12.7. The first kappa shape index (κ1) is 32.3. The number of benzene rings is 1. The molecule has 2 amide bonds. The van der Waals surface area contributed by atoms with Crippen LogP contribution in [-0.2, 0) is 16.1 Å². The zero-order valence-corrected chi connectivity index (χ0v) is 26.6. The van der Waals surface area contributed by atoms with Gasteiger partial charge in [-0.3, -0.25) is 14.6 Å². The van der Waals surface area contributed by atoms with Crippen molar-refractivity contribution in [2.24, 2.45) is 0 Å². The third-order valence-electron chi connectivity index (χ3n) is 8.48. The Bertz CT molecular complexity index is 1530. The van der Waals surface area contributed by atoms with Gasteiger partial charge in [-0.15, -0.1) is 0 Å². The van der Waals surface area contributed by atoms with Crippen molar-refractivity contribution >= 4 is 35.9 Å². The molecule has 12 heteroatoms. The largest absolute Gasteiger partial charge is 0.382 e. The van der Waals surface area contributed by atoms with Gasteiger partial charge in [-0.05, 0) is 76.1 Å². The summed E-state index contributed by atoms with van der Waals surface area (Å²) in [5, 5.41) is 14.9. The van der Waals surface area contributed by atoms with E-state index < -0.39 is 5.25 Å². The molecular formula is C33H41N9O2S. The number of nitrogens with zero attached hydrogens (tertiary/aromatic N) is 6. The van der Waals surface area contributed by atoms with Crippen molar-refractivity contribution in [3.05, 3.63) is 65.2 Å². The number of aromatic nitrogens is 3. The van der Waals surface area contributed by atoms with Crippen LogP contribution in [0.5, 0.6) is 0 Å². The minimum atomic E-state index is -0.624. The molecule has 0 bridgehead atoms. The summed E-state index contributed by atoms with van der Waals surface area (Å²) < 4.78 is 0. The van der Waals surface area contributed by atoms with Crippen molar-refractivity contribution in [1.82, 2.24) is 30.1 Å². The quantitative estimate of drug-likeness (QED) is 0.245. The standard InChI is InChI=1S/C33H41N9O2S/c1-22(43)37-24-10-8-23(9-11-24)30-27(20-34)32(35)40-33(39-30)31(45)28-7-5-6-25(38-28)21-36-29(44)14-19-41-17-12-26(13-18-41)42-15-3-2-4-16-42/h5-11,26,31,45H,2-4,12-19,21H2,1H3,(H,36,44)(H,37,43)(H2,35,39,40). The topological polar surface area (TPSA) is 153 Å². The molecule has 45 heavy (non-hydrogen) atoms. The number of nitrogens with two attached hydrogens (primary N) is 1. The summed E-state index contributed by atoms with van der Waals surface area (Å²) >= 11 is 4.75. The van der Waals surface area contributed by atoms with E-state index in [1.807, 2.05) is 18.2 Å². The molecule has 1 atom stereocenters. The molecule has 1 unspecified atom stereocenters. The van der Waals surface area contributed by atoms with Crippen molar-refractivity contribution in [2.45, 2.75) is 63.3 Å². The highest BCUT2D eigenvalue weighted by atomic mass is 32.1. The predicted octanol–water partition coefficient (Wildman–Crippen LogP) is 3.93. The van der Waals surface area contributed by atoms with E-state index in [-0.39, 0.29) is 23.2 Å². The molecule has 2 aliphatic rings. The molecule has 3 aromatic rings. The van der Waals surface area contributed by atoms with E-state index in [0.29, 0.717) is 53.2 Å². The smallest absolute Gasteiger partial charge is 0.221 e. The van der Waals surface area contributed by atoms with Crippen molar-refractivity contribution in [1.29, 1.82) is 5.26 Å². The third kappa shape index (κ3) is 8.57. The molecule has 0 saturated carbocycles. The Morgan fingerprint density at radius 1 is 1.04 bits per heavy atom. The van der Waals surface area contributed by atoms with Crippen LogP contribution in [0.15, 0.2) is 42.5 Å². The average Bonchev–Trinajstić information content (AvgIpc) is 3.06. The summed E-state index contributed by atoms with van der Waals surface area (Å²) in [6.07, 6.45) is 6.83. The number of amides is 2. The maximum atomic E-state index is 12.7. The number of pyridine rings is 1. The van der Waals surface area contributed by atoms with Crippen molar-refractivity contribution < 1.29 is 9.59 Å². The number of carbonyl (C=O) groups excluding carboxylic acids is 2. The summed E-state index contributed by atoms with van der Waals surface area (Å²) in [4.78, 5) is 42.8. The third-order valence-corrected chi connectivity index (χ3v) is 8.98. The molecule has 236 valence electrons. The van der Waals surface area contributed by atoms with Crippen LogP contribution in [-0.4, -0.2) is 75.3 Å². The number of nitriles is 1. The molecule has 0 aliphatic carbocycles. The van der Waals surface area contributed by atoms with E-state index >= 15 is 0 Å². The molecule has 4 heterocycles. The molecule has 11 nitrogen and oxygen atoms in total. The van der Waals surface area contributed by atoms with Crippen LogP contribution in [0.4, 0.5) is 11.5 Å². The normalized spacial score (nSPS) is 16.9. The highest BCUT2D eigenvalue weighted by Gasteiger charge is 2.26. The summed E-state index contributed by atoms with van der Waals surface area (Å²) in [5.41, 5.74) is 9.26. The van der Waals surface area contributed by atoms with Gasteiger partial charge in [-0.1, -0.05) is 24.6 Å². The van der Waals surface area contributed by atoms with E-state index in [0.717, 1.165) is 19.6 Å². The fourth-order valence-corrected chi connectivity index (χ4v) is 6.32. The molecule has 0 radical (unpaired) electrons. The summed E-state index contributed by atoms with van der Waals surface area (Å²) in [7, 11) is 0. The highest BCUT2D eigenvalue weighted by molar-refractivity contribution is 7.80. The second-order valence-electron chi connectivity index (χ2n) is 11.7. The lowest BCUT2D eigenvalue weighted by molar-refractivity contribution is -0.121. The first-order chi connectivity index (χ1) is 21.8. The summed E-state index contributed by atoms with van der Waals surface area (Å²) in [5.74, 6) is 0.162. The lowest BCUT2D eigenvalue weighted by Gasteiger charge is -2.40. The zero-order valence-electron chi connectivity index (χ0n) is 25.7. The lowest BCUT2D eigenvalue weighted by Crippen LogP contribution is -2.47. The van der Waals surface area contributed by atoms with Crippen LogP contribution in [0.3, 0.4) is 0 Å². The van der Waals surface area contributed by atoms with Crippen molar-refractivity contribution in [2.75, 3.05) is 43.8 Å². The first-order valence-corrected chi connectivity index (χ1v) is 16.1. The Kier molecular flexibility index (Phi) is 11.0. The maximum Gasteiger partial charge on any atom is 0.221 e. The van der Waals surface area contributed by atoms with Gasteiger partial charge in [0.05, 0.1) is 23.6 Å². The van der Waals surface area contributed by atoms with Gasteiger partial charge in [0.1, 0.15) is 28.5 Å². The first-order valence-electron chi connectivity index (χ1n) is 15.6. The van der Waals surface area contributed by atoms with Crippen LogP contribution < -0.4 is 16.4 Å². The van der Waals surface area contributed by atoms with Crippen LogP contribution in [0, 0.1) is 11.3 Å². The summed E-state index contributed by atoms with van der Waals surface area (Å²) in [6.45, 7) is 7.07. The number of piperidine rings is 2. The fourth-order valence-electron chi connectivity index (χ4n) is 6.06. The molecular weight excluding hydrogens is 586 g/mol. The summed E-state index contributed by atoms with van der Waals surface area (Å²) in [6, 6.07) is 15.3. The Balaban J connectivity index is 1.17. The van der Waals surface area contributed by atoms with Gasteiger partial charge >= 0.3 is 0 Å². The Morgan fingerprint density at radius 3 is 2.47 bits per heavy atom. The SMILES string of the molecule is CC(=O)Nc1ccc(-c2nc(C(S)c3cccc(CNC(=O)CCN4CCC(N5CCCCC5)CC4)n3)nc(N)c2C#N)cc1. The number of nitrogens with one attached hydrogen (secondary N) is 2. The second kappa shape index (κ2) is 15.3. The molecule has 2 aromatic heterocycles. The van der Waals surface area contributed by atoms with Gasteiger partial charge in [-0.25, -0.2) is 9.97 Å². The molecule has 1 aromatic carbocycles. The van der Waals surface area contributed by atoms with Gasteiger partial charge in [0.2, 0.25) is 11.8 Å². The van der Waals surface area contributed by atoms with E-state index in [4.69, 9.17) is 23.3 Å². The minimum absolute atomic E-state index is 0.000132. The van der Waals surface area contributed by atoms with Crippen molar-refractivity contribution in [3.63, 3.8) is 0 Å². The van der Waals surface area contributed by atoms with E-state index in [1.165, 1.54) is 52.1 Å². The van der Waals surface area contributed by atoms with Crippen LogP contribution in [0.1, 0.15) is 73.5 Å². The monoisotopic (exact) mass is 627 g/mol. The van der Waals surface area contributed by atoms with Gasteiger partial charge in [0, 0.05) is 37.2 Å². The van der Waals surface area contributed by atoms with Gasteiger partial charge < -0.3 is 26.2 Å². The van der Waals surface area contributed by atoms with Gasteiger partial charge in [-0.2, -0.15) is 17.9 Å². The molecule has 0 spiro atoms. The van der Waals surface area contributed by atoms with E-state index in [2.05, 4.69) is 36.5 Å². The van der Waals surface area contributed by atoms with Crippen LogP contribution in [0.2, 0.25) is 0 Å². The zero-order chi connectivity index (χ0) is 31.8. The molecule has 2 aliphatic heterocycles. The molecule has 2 fully saturated rings. The Hall–Kier alpha value is -4.05. The number of anilines is 2. The highest BCUT2D eigenvalue weighted by Crippen LogP contribution is 2.31. The number of likely N-dealkylation sites (tertiary alicyclic amines) is 2. The van der Waals surface area contributed by atoms with E-state index in [9.17, 15) is 14.9 Å². The van der Waals surface area contributed by atoms with Gasteiger partial charge in [0.25, 0.3) is 0 Å². The average molecular weight is 628 g/mol. The Labute approximate surface area is 270 Å². The molecule has 2 saturated heterocycles. The lowest BCUT2D eigenvalue weighted by atomic mass is 10.00. The van der Waals surface area contributed by atoms with E-state index in [1.54, 1.807) is 24.3 Å². The number of hydrogen-bond acceptors (Lipinski definition) is 10. The predicted molar refractivity (Wildman–Crippen MR) is 177 cm³/mol. The number of hydrogen-bond donors (Lipinski definition) is 4. The number of thiol groups is 1. The van der Waals surface area contributed by atoms with Crippen molar-refractivity contribution in [3.8, 4) is 17.3 Å². The van der Waals surface area contributed by atoms with Gasteiger partial charge in [0.15, 0.2) is 0 Å². The number of nitrogen functional groups attached to an aromatic ring is 1.